The second kappa shape index (κ2) is 7.35. The molecule has 0 radical (unpaired) electrons. The van der Waals surface area contributed by atoms with Crippen molar-refractivity contribution in [3.63, 3.8) is 0 Å². The van der Waals surface area contributed by atoms with Crippen LogP contribution in [0.1, 0.15) is 27.6 Å². The molecular weight excluding hydrogens is 372 g/mol. The lowest BCUT2D eigenvalue weighted by Gasteiger charge is -2.13. The number of anilines is 2. The van der Waals surface area contributed by atoms with Gasteiger partial charge in [0.25, 0.3) is 5.91 Å². The highest BCUT2D eigenvalue weighted by molar-refractivity contribution is 7.92. The third kappa shape index (κ3) is 4.74. The van der Waals surface area contributed by atoms with Crippen molar-refractivity contribution in [3.05, 3.63) is 70.1 Å². The van der Waals surface area contributed by atoms with Gasteiger partial charge >= 0.3 is 0 Å². The Morgan fingerprint density at radius 3 is 2.77 bits per heavy atom. The standard InChI is InChI=1S/C18H18N2O4S2/c1-26(23,24)20-15-6-3-5-14(10-15)19-18(22)17-9-13(11-25-17)12-4-2-7-16(21)8-12/h2-7,9-12,20-21H,8H2,1H3,(H,19,22). The van der Waals surface area contributed by atoms with Crippen molar-refractivity contribution in [2.75, 3.05) is 16.3 Å². The Morgan fingerprint density at radius 2 is 2.04 bits per heavy atom. The maximum Gasteiger partial charge on any atom is 0.265 e. The predicted molar refractivity (Wildman–Crippen MR) is 104 cm³/mol. The number of hydrogen-bond donors (Lipinski definition) is 3. The van der Waals surface area contributed by atoms with Gasteiger partial charge < -0.3 is 10.4 Å². The molecule has 0 saturated carbocycles. The molecular formula is C18H18N2O4S2. The largest absolute Gasteiger partial charge is 0.512 e. The Bertz CT molecular complexity index is 990. The Labute approximate surface area is 155 Å². The monoisotopic (exact) mass is 390 g/mol. The quantitative estimate of drug-likeness (QED) is 0.722. The summed E-state index contributed by atoms with van der Waals surface area (Å²) in [6, 6.07) is 8.32. The summed E-state index contributed by atoms with van der Waals surface area (Å²) in [7, 11) is -3.38. The highest BCUT2D eigenvalue weighted by Gasteiger charge is 2.17. The van der Waals surface area contributed by atoms with Crippen molar-refractivity contribution < 1.29 is 18.3 Å². The summed E-state index contributed by atoms with van der Waals surface area (Å²) in [5.41, 5.74) is 1.85. The number of aliphatic hydroxyl groups excluding tert-OH is 1. The number of amides is 1. The van der Waals surface area contributed by atoms with Crippen LogP contribution in [-0.2, 0) is 10.0 Å². The van der Waals surface area contributed by atoms with Crippen LogP contribution in [0.5, 0.6) is 0 Å². The molecule has 1 unspecified atom stereocenters. The average Bonchev–Trinajstić information content (AvgIpc) is 3.03. The number of carbonyl (C=O) groups is 1. The number of carbonyl (C=O) groups excluding carboxylic acids is 1. The minimum Gasteiger partial charge on any atom is -0.512 e. The van der Waals surface area contributed by atoms with E-state index >= 15 is 0 Å². The lowest BCUT2D eigenvalue weighted by Crippen LogP contribution is -2.12. The molecule has 1 amide bonds. The summed E-state index contributed by atoms with van der Waals surface area (Å²) in [6.07, 6.45) is 7.05. The first-order chi connectivity index (χ1) is 12.3. The number of allylic oxidation sites excluding steroid dienone is 4. The molecule has 1 aromatic carbocycles. The molecule has 2 aromatic rings. The molecule has 136 valence electrons. The van der Waals surface area contributed by atoms with Gasteiger partial charge in [0.05, 0.1) is 22.6 Å². The molecule has 3 N–H and O–H groups in total. The molecule has 1 aromatic heterocycles. The number of rotatable bonds is 5. The van der Waals surface area contributed by atoms with Crippen molar-refractivity contribution in [2.45, 2.75) is 12.3 Å². The molecule has 1 aliphatic carbocycles. The van der Waals surface area contributed by atoms with Crippen LogP contribution in [0.25, 0.3) is 0 Å². The van der Waals surface area contributed by atoms with Gasteiger partial charge in [0.15, 0.2) is 0 Å². The zero-order valence-corrected chi connectivity index (χ0v) is 15.6. The van der Waals surface area contributed by atoms with Gasteiger partial charge in [0.2, 0.25) is 10.0 Å². The van der Waals surface area contributed by atoms with Crippen molar-refractivity contribution in [1.29, 1.82) is 0 Å². The van der Waals surface area contributed by atoms with Crippen LogP contribution in [0, 0.1) is 0 Å². The fourth-order valence-electron chi connectivity index (χ4n) is 2.62. The SMILES string of the molecule is CS(=O)(=O)Nc1cccc(NC(=O)c2cc(C3C=CC=C(O)C3)cs2)c1. The van der Waals surface area contributed by atoms with Gasteiger partial charge in [-0.3, -0.25) is 9.52 Å². The van der Waals surface area contributed by atoms with Gasteiger partial charge in [-0.25, -0.2) is 8.42 Å². The van der Waals surface area contributed by atoms with Gasteiger partial charge in [-0.05, 0) is 41.3 Å². The van der Waals surface area contributed by atoms with E-state index < -0.39 is 10.0 Å². The van der Waals surface area contributed by atoms with Gasteiger partial charge in [0.1, 0.15) is 0 Å². The zero-order valence-electron chi connectivity index (χ0n) is 14.0. The van der Waals surface area contributed by atoms with Gasteiger partial charge in [-0.15, -0.1) is 11.3 Å². The minimum atomic E-state index is -3.38. The van der Waals surface area contributed by atoms with Crippen LogP contribution in [0.4, 0.5) is 11.4 Å². The van der Waals surface area contributed by atoms with E-state index in [0.29, 0.717) is 28.4 Å². The lowest BCUT2D eigenvalue weighted by molar-refractivity contribution is 0.103. The highest BCUT2D eigenvalue weighted by Crippen LogP contribution is 2.31. The van der Waals surface area contributed by atoms with Crippen LogP contribution in [0.15, 0.2) is 59.7 Å². The van der Waals surface area contributed by atoms with Crippen molar-refractivity contribution in [3.8, 4) is 0 Å². The van der Waals surface area contributed by atoms with E-state index in [4.69, 9.17) is 0 Å². The summed E-state index contributed by atoms with van der Waals surface area (Å²) in [4.78, 5) is 13.0. The summed E-state index contributed by atoms with van der Waals surface area (Å²) >= 11 is 1.33. The molecule has 3 rings (SSSR count). The molecule has 0 bridgehead atoms. The number of sulfonamides is 1. The molecule has 0 saturated heterocycles. The first-order valence-electron chi connectivity index (χ1n) is 7.84. The summed E-state index contributed by atoms with van der Waals surface area (Å²) in [6.45, 7) is 0. The second-order valence-corrected chi connectivity index (χ2v) is 8.67. The Kier molecular flexibility index (Phi) is 5.15. The van der Waals surface area contributed by atoms with Crippen molar-refractivity contribution in [2.24, 2.45) is 0 Å². The van der Waals surface area contributed by atoms with E-state index in [1.807, 2.05) is 17.5 Å². The number of thiophene rings is 1. The van der Waals surface area contributed by atoms with E-state index in [1.165, 1.54) is 11.3 Å². The fourth-order valence-corrected chi connectivity index (χ4v) is 4.05. The number of nitrogens with one attached hydrogen (secondary N) is 2. The zero-order chi connectivity index (χ0) is 18.7. The Balaban J connectivity index is 1.70. The number of benzene rings is 1. The van der Waals surface area contributed by atoms with Crippen LogP contribution in [-0.4, -0.2) is 25.7 Å². The van der Waals surface area contributed by atoms with E-state index in [-0.39, 0.29) is 11.8 Å². The third-order valence-corrected chi connectivity index (χ3v) is 5.31. The first-order valence-corrected chi connectivity index (χ1v) is 10.6. The maximum atomic E-state index is 12.5. The molecule has 0 aliphatic heterocycles. The first kappa shape index (κ1) is 18.2. The van der Waals surface area contributed by atoms with Gasteiger partial charge in [-0.2, -0.15) is 0 Å². The van der Waals surface area contributed by atoms with E-state index in [9.17, 15) is 18.3 Å². The molecule has 1 heterocycles. The maximum absolute atomic E-state index is 12.5. The van der Waals surface area contributed by atoms with E-state index in [0.717, 1.165) is 11.8 Å². The molecule has 0 spiro atoms. The molecule has 6 nitrogen and oxygen atoms in total. The van der Waals surface area contributed by atoms with Crippen LogP contribution in [0.3, 0.4) is 0 Å². The number of aliphatic hydroxyl groups is 1. The third-order valence-electron chi connectivity index (χ3n) is 3.76. The topological polar surface area (TPSA) is 95.5 Å². The normalized spacial score (nSPS) is 16.8. The molecule has 1 aliphatic rings. The fraction of sp³-hybridized carbons (Fsp3) is 0.167. The molecule has 0 fully saturated rings. The Morgan fingerprint density at radius 1 is 1.27 bits per heavy atom. The predicted octanol–water partition coefficient (Wildman–Crippen LogP) is 3.86. The van der Waals surface area contributed by atoms with Crippen molar-refractivity contribution in [1.82, 2.24) is 0 Å². The van der Waals surface area contributed by atoms with Crippen molar-refractivity contribution >= 4 is 38.6 Å². The lowest BCUT2D eigenvalue weighted by atomic mass is 9.93. The molecule has 1 atom stereocenters. The van der Waals surface area contributed by atoms with Crippen LogP contribution < -0.4 is 10.0 Å². The van der Waals surface area contributed by atoms with E-state index in [1.54, 1.807) is 36.4 Å². The van der Waals surface area contributed by atoms with Crippen LogP contribution in [0.2, 0.25) is 0 Å². The van der Waals surface area contributed by atoms with Gasteiger partial charge in [0, 0.05) is 18.0 Å². The summed E-state index contributed by atoms with van der Waals surface area (Å²) in [5, 5.41) is 14.3. The average molecular weight is 390 g/mol. The highest BCUT2D eigenvalue weighted by atomic mass is 32.2. The summed E-state index contributed by atoms with van der Waals surface area (Å²) in [5.74, 6) is 0.113. The van der Waals surface area contributed by atoms with E-state index in [2.05, 4.69) is 10.0 Å². The molecule has 8 heteroatoms. The smallest absolute Gasteiger partial charge is 0.265 e. The van der Waals surface area contributed by atoms with Gasteiger partial charge in [-0.1, -0.05) is 18.2 Å². The Hall–Kier alpha value is -2.58. The van der Waals surface area contributed by atoms with Crippen LogP contribution >= 0.6 is 11.3 Å². The summed E-state index contributed by atoms with van der Waals surface area (Å²) < 4.78 is 25.0. The molecule has 26 heavy (non-hydrogen) atoms. The number of hydrogen-bond acceptors (Lipinski definition) is 5. The second-order valence-electron chi connectivity index (χ2n) is 6.01. The minimum absolute atomic E-state index is 0.0556.